The molecule has 0 spiro atoms. The number of halogens is 3. The Balaban J connectivity index is 1.87. The fourth-order valence-electron chi connectivity index (χ4n) is 3.40. The Morgan fingerprint density at radius 1 is 1.27 bits per heavy atom. The number of aromatic nitrogens is 2. The van der Waals surface area contributed by atoms with E-state index in [0.29, 0.717) is 30.6 Å². The van der Waals surface area contributed by atoms with E-state index in [1.807, 2.05) is 38.1 Å². The second-order valence-corrected chi connectivity index (χ2v) is 6.74. The van der Waals surface area contributed by atoms with Gasteiger partial charge in [0.2, 0.25) is 0 Å². The molecule has 1 fully saturated rings. The van der Waals surface area contributed by atoms with Gasteiger partial charge in [0, 0.05) is 13.1 Å². The van der Waals surface area contributed by atoms with Gasteiger partial charge in [-0.2, -0.15) is 18.3 Å². The molecule has 140 valence electrons. The lowest BCUT2D eigenvalue weighted by Gasteiger charge is -2.33. The Kier molecular flexibility index (Phi) is 5.07. The van der Waals surface area contributed by atoms with Crippen LogP contribution in [0.1, 0.15) is 41.4 Å². The van der Waals surface area contributed by atoms with Gasteiger partial charge in [-0.25, -0.2) is 4.68 Å². The molecule has 2 heterocycles. The van der Waals surface area contributed by atoms with Crippen LogP contribution in [0.5, 0.6) is 0 Å². The van der Waals surface area contributed by atoms with Crippen molar-refractivity contribution < 1.29 is 18.0 Å². The van der Waals surface area contributed by atoms with Crippen molar-refractivity contribution in [1.29, 1.82) is 0 Å². The molecule has 1 amide bonds. The molecule has 1 unspecified atom stereocenters. The van der Waals surface area contributed by atoms with E-state index in [0.717, 1.165) is 11.3 Å². The molecule has 1 aromatic heterocycles. The SMILES string of the molecule is CCc1c(C(=O)N2CCCC(C(F)(F)F)C2)cnn1-c1ccc(C)cc1. The molecule has 0 N–H and O–H groups in total. The summed E-state index contributed by atoms with van der Waals surface area (Å²) in [5.74, 6) is -1.81. The molecule has 4 nitrogen and oxygen atoms in total. The molecule has 0 radical (unpaired) electrons. The first-order valence-corrected chi connectivity index (χ1v) is 8.81. The summed E-state index contributed by atoms with van der Waals surface area (Å²) in [5.41, 5.74) is 3.05. The molecule has 1 aliphatic heterocycles. The van der Waals surface area contributed by atoms with Crippen molar-refractivity contribution in [3.05, 3.63) is 47.3 Å². The van der Waals surface area contributed by atoms with E-state index in [1.165, 1.54) is 11.1 Å². The highest BCUT2D eigenvalue weighted by Crippen LogP contribution is 2.33. The van der Waals surface area contributed by atoms with Crippen LogP contribution >= 0.6 is 0 Å². The van der Waals surface area contributed by atoms with Crippen molar-refractivity contribution in [2.24, 2.45) is 5.92 Å². The zero-order valence-corrected chi connectivity index (χ0v) is 14.9. The lowest BCUT2D eigenvalue weighted by Crippen LogP contribution is -2.44. The Bertz CT molecular complexity index is 780. The van der Waals surface area contributed by atoms with Gasteiger partial charge in [-0.3, -0.25) is 4.79 Å². The summed E-state index contributed by atoms with van der Waals surface area (Å²) in [6, 6.07) is 7.74. The van der Waals surface area contributed by atoms with Crippen LogP contribution < -0.4 is 0 Å². The number of hydrogen-bond donors (Lipinski definition) is 0. The summed E-state index contributed by atoms with van der Waals surface area (Å²) in [6.07, 6.45) is -1.79. The van der Waals surface area contributed by atoms with Gasteiger partial charge >= 0.3 is 6.18 Å². The molecule has 0 saturated carbocycles. The maximum Gasteiger partial charge on any atom is 0.393 e. The van der Waals surface area contributed by atoms with Crippen LogP contribution in [0.15, 0.2) is 30.5 Å². The Morgan fingerprint density at radius 3 is 2.58 bits per heavy atom. The van der Waals surface area contributed by atoms with E-state index < -0.39 is 12.1 Å². The van der Waals surface area contributed by atoms with Crippen molar-refractivity contribution in [3.63, 3.8) is 0 Å². The largest absolute Gasteiger partial charge is 0.393 e. The van der Waals surface area contributed by atoms with Gasteiger partial charge in [-0.1, -0.05) is 24.6 Å². The lowest BCUT2D eigenvalue weighted by molar-refractivity contribution is -0.184. The summed E-state index contributed by atoms with van der Waals surface area (Å²) >= 11 is 0. The fourth-order valence-corrected chi connectivity index (χ4v) is 3.40. The van der Waals surface area contributed by atoms with Crippen LogP contribution in [-0.2, 0) is 6.42 Å². The van der Waals surface area contributed by atoms with Gasteiger partial charge in [-0.15, -0.1) is 0 Å². The minimum absolute atomic E-state index is 0.0799. The highest BCUT2D eigenvalue weighted by Gasteiger charge is 2.43. The minimum atomic E-state index is -4.27. The van der Waals surface area contributed by atoms with Crippen molar-refractivity contribution >= 4 is 5.91 Å². The van der Waals surface area contributed by atoms with E-state index in [9.17, 15) is 18.0 Å². The van der Waals surface area contributed by atoms with Crippen molar-refractivity contribution in [3.8, 4) is 5.69 Å². The number of aryl methyl sites for hydroxylation is 1. The third kappa shape index (κ3) is 3.61. The number of amides is 1. The first kappa shape index (κ1) is 18.5. The van der Waals surface area contributed by atoms with Gasteiger partial charge in [0.15, 0.2) is 0 Å². The molecule has 1 aliphatic rings. The number of likely N-dealkylation sites (tertiary alicyclic amines) is 1. The maximum atomic E-state index is 13.0. The van der Waals surface area contributed by atoms with Gasteiger partial charge in [0.25, 0.3) is 5.91 Å². The van der Waals surface area contributed by atoms with Crippen LogP contribution in [-0.4, -0.2) is 39.9 Å². The fraction of sp³-hybridized carbons (Fsp3) is 0.474. The predicted molar refractivity (Wildman–Crippen MR) is 92.4 cm³/mol. The van der Waals surface area contributed by atoms with E-state index >= 15 is 0 Å². The molecule has 0 aliphatic carbocycles. The van der Waals surface area contributed by atoms with Crippen molar-refractivity contribution in [1.82, 2.24) is 14.7 Å². The van der Waals surface area contributed by atoms with Crippen molar-refractivity contribution in [2.75, 3.05) is 13.1 Å². The van der Waals surface area contributed by atoms with Crippen LogP contribution in [0.3, 0.4) is 0 Å². The van der Waals surface area contributed by atoms with Crippen LogP contribution in [0.4, 0.5) is 13.2 Å². The molecule has 0 bridgehead atoms. The number of carbonyl (C=O) groups is 1. The Morgan fingerprint density at radius 2 is 1.96 bits per heavy atom. The first-order valence-electron chi connectivity index (χ1n) is 8.81. The average Bonchev–Trinajstić information content (AvgIpc) is 3.05. The molecule has 2 aromatic rings. The van der Waals surface area contributed by atoms with Crippen molar-refractivity contribution in [2.45, 2.75) is 39.3 Å². The molecular formula is C19H22F3N3O. The van der Waals surface area contributed by atoms with Gasteiger partial charge in [0.1, 0.15) is 0 Å². The molecule has 1 atom stereocenters. The highest BCUT2D eigenvalue weighted by molar-refractivity contribution is 5.95. The molecule has 1 saturated heterocycles. The molecule has 7 heteroatoms. The van der Waals surface area contributed by atoms with Crippen LogP contribution in [0, 0.1) is 12.8 Å². The summed E-state index contributed by atoms with van der Waals surface area (Å²) < 4.78 is 40.8. The summed E-state index contributed by atoms with van der Waals surface area (Å²) in [4.78, 5) is 14.2. The molecule has 3 rings (SSSR count). The zero-order valence-electron chi connectivity index (χ0n) is 14.9. The summed E-state index contributed by atoms with van der Waals surface area (Å²) in [6.45, 7) is 3.97. The lowest BCUT2D eigenvalue weighted by atomic mass is 9.97. The monoisotopic (exact) mass is 365 g/mol. The number of hydrogen-bond acceptors (Lipinski definition) is 2. The van der Waals surface area contributed by atoms with Gasteiger partial charge < -0.3 is 4.90 Å². The van der Waals surface area contributed by atoms with E-state index in [1.54, 1.807) is 4.68 Å². The molecule has 26 heavy (non-hydrogen) atoms. The van der Waals surface area contributed by atoms with Crippen LogP contribution in [0.25, 0.3) is 5.69 Å². The Labute approximate surface area is 150 Å². The number of nitrogens with zero attached hydrogens (tertiary/aromatic N) is 3. The van der Waals surface area contributed by atoms with E-state index in [2.05, 4.69) is 5.10 Å². The van der Waals surface area contributed by atoms with E-state index in [4.69, 9.17) is 0 Å². The topological polar surface area (TPSA) is 38.1 Å². The number of piperidine rings is 1. The summed E-state index contributed by atoms with van der Waals surface area (Å²) in [5, 5.41) is 4.32. The van der Waals surface area contributed by atoms with Crippen LogP contribution in [0.2, 0.25) is 0 Å². The Hall–Kier alpha value is -2.31. The first-order chi connectivity index (χ1) is 12.3. The third-order valence-corrected chi connectivity index (χ3v) is 4.88. The zero-order chi connectivity index (χ0) is 18.9. The predicted octanol–water partition coefficient (Wildman–Crippen LogP) is 4.16. The normalized spacial score (nSPS) is 18.2. The second-order valence-electron chi connectivity index (χ2n) is 6.74. The highest BCUT2D eigenvalue weighted by atomic mass is 19.4. The number of carbonyl (C=O) groups excluding carboxylic acids is 1. The smallest absolute Gasteiger partial charge is 0.338 e. The molecule has 1 aromatic carbocycles. The number of alkyl halides is 3. The number of rotatable bonds is 3. The number of benzene rings is 1. The van der Waals surface area contributed by atoms with Gasteiger partial charge in [-0.05, 0) is 38.3 Å². The third-order valence-electron chi connectivity index (χ3n) is 4.88. The average molecular weight is 365 g/mol. The molecular weight excluding hydrogens is 343 g/mol. The maximum absolute atomic E-state index is 13.0. The summed E-state index contributed by atoms with van der Waals surface area (Å²) in [7, 11) is 0. The quantitative estimate of drug-likeness (QED) is 0.819. The standard InChI is InChI=1S/C19H22F3N3O/c1-3-17-16(11-23-25(17)15-8-6-13(2)7-9-15)18(26)24-10-4-5-14(12-24)19(20,21)22/h6-9,11,14H,3-5,10,12H2,1-2H3. The second kappa shape index (κ2) is 7.13. The minimum Gasteiger partial charge on any atom is -0.338 e. The van der Waals surface area contributed by atoms with E-state index in [-0.39, 0.29) is 18.9 Å². The van der Waals surface area contributed by atoms with Gasteiger partial charge in [0.05, 0.1) is 29.1 Å².